The predicted octanol–water partition coefficient (Wildman–Crippen LogP) is 4.53. The molecular weight excluding hydrogens is 369 g/mol. The maximum absolute atomic E-state index is 13.2. The Balaban J connectivity index is 1.91. The van der Waals surface area contributed by atoms with Crippen LogP contribution in [0.25, 0.3) is 21.3 Å². The fourth-order valence-corrected chi connectivity index (χ4v) is 4.91. The quantitative estimate of drug-likeness (QED) is 0.475. The molecule has 3 aromatic rings. The Morgan fingerprint density at radius 1 is 1.23 bits per heavy atom. The summed E-state index contributed by atoms with van der Waals surface area (Å²) in [5, 5.41) is 1.24. The normalized spacial score (nSPS) is 11.6. The van der Waals surface area contributed by atoms with Crippen molar-refractivity contribution in [3.05, 3.63) is 45.3 Å². The molecule has 7 heteroatoms. The van der Waals surface area contributed by atoms with E-state index in [4.69, 9.17) is 0 Å². The maximum atomic E-state index is 13.2. The van der Waals surface area contributed by atoms with Crippen molar-refractivity contribution in [3.8, 4) is 11.1 Å². The Hall–Kier alpha value is -1.70. The molecule has 0 saturated heterocycles. The monoisotopic (exact) mass is 391 g/mol. The lowest BCUT2D eigenvalue weighted by molar-refractivity contribution is 0.324. The zero-order valence-corrected chi connectivity index (χ0v) is 16.8. The third-order valence-electron chi connectivity index (χ3n) is 4.39. The van der Waals surface area contributed by atoms with Gasteiger partial charge in [0.2, 0.25) is 0 Å². The van der Waals surface area contributed by atoms with E-state index in [9.17, 15) is 9.18 Å². The molecule has 3 rings (SSSR count). The van der Waals surface area contributed by atoms with E-state index >= 15 is 0 Å². The molecule has 0 fully saturated rings. The topological polar surface area (TPSA) is 49.0 Å². The van der Waals surface area contributed by atoms with E-state index in [-0.39, 0.29) is 11.4 Å². The van der Waals surface area contributed by atoms with Crippen molar-refractivity contribution in [1.82, 2.24) is 14.9 Å². The number of benzene rings is 1. The molecule has 0 atom stereocenters. The Labute approximate surface area is 160 Å². The first-order chi connectivity index (χ1) is 12.5. The molecule has 4 nitrogen and oxygen atoms in total. The number of aromatic amines is 1. The molecule has 1 aromatic carbocycles. The number of rotatable bonds is 7. The van der Waals surface area contributed by atoms with Crippen LogP contribution in [0.4, 0.5) is 4.39 Å². The standard InChI is InChI=1S/C19H22FN3OS2/c1-4-23(5-2)10-11-25-19-21-17(24)16-15(12(3)26-18(16)22-19)13-6-8-14(20)9-7-13/h6-9H,4-5,10-11H2,1-3H3,(H,21,22,24). The van der Waals surface area contributed by atoms with E-state index in [0.717, 1.165) is 46.2 Å². The number of hydrogen-bond acceptors (Lipinski definition) is 5. The summed E-state index contributed by atoms with van der Waals surface area (Å²) in [6.07, 6.45) is 0. The maximum Gasteiger partial charge on any atom is 0.260 e. The number of thioether (sulfide) groups is 1. The first-order valence-electron chi connectivity index (χ1n) is 8.68. The van der Waals surface area contributed by atoms with Crippen LogP contribution in [0.15, 0.2) is 34.2 Å². The molecule has 0 unspecified atom stereocenters. The minimum absolute atomic E-state index is 0.135. The minimum Gasteiger partial charge on any atom is -0.303 e. The SMILES string of the molecule is CCN(CC)CCSc1nc2sc(C)c(-c3ccc(F)cc3)c2c(=O)[nH]1. The highest BCUT2D eigenvalue weighted by Crippen LogP contribution is 2.36. The lowest BCUT2D eigenvalue weighted by Gasteiger charge is -2.16. The zero-order valence-electron chi connectivity index (χ0n) is 15.1. The summed E-state index contributed by atoms with van der Waals surface area (Å²) in [5.41, 5.74) is 1.55. The molecule has 0 radical (unpaired) electrons. The van der Waals surface area contributed by atoms with Crippen LogP contribution in [0.5, 0.6) is 0 Å². The second-order valence-corrected chi connectivity index (χ2v) is 8.25. The first-order valence-corrected chi connectivity index (χ1v) is 10.5. The molecule has 26 heavy (non-hydrogen) atoms. The van der Waals surface area contributed by atoms with Crippen LogP contribution in [-0.4, -0.2) is 40.3 Å². The predicted molar refractivity (Wildman–Crippen MR) is 109 cm³/mol. The number of nitrogens with zero attached hydrogens (tertiary/aromatic N) is 2. The first kappa shape index (κ1) is 19.1. The summed E-state index contributed by atoms with van der Waals surface area (Å²) in [5.74, 6) is 0.593. The van der Waals surface area contributed by atoms with E-state index in [1.54, 1.807) is 23.9 Å². The van der Waals surface area contributed by atoms with Gasteiger partial charge in [-0.15, -0.1) is 11.3 Å². The van der Waals surface area contributed by atoms with E-state index in [2.05, 4.69) is 28.7 Å². The van der Waals surface area contributed by atoms with Crippen molar-refractivity contribution < 1.29 is 4.39 Å². The van der Waals surface area contributed by atoms with Crippen molar-refractivity contribution in [2.24, 2.45) is 0 Å². The third-order valence-corrected chi connectivity index (χ3v) is 6.24. The number of halogens is 1. The summed E-state index contributed by atoms with van der Waals surface area (Å²) < 4.78 is 13.2. The van der Waals surface area contributed by atoms with Crippen LogP contribution in [0.1, 0.15) is 18.7 Å². The molecular formula is C19H22FN3OS2. The van der Waals surface area contributed by atoms with Gasteiger partial charge in [-0.3, -0.25) is 4.79 Å². The fourth-order valence-electron chi connectivity index (χ4n) is 2.94. The molecule has 0 aliphatic rings. The number of nitrogens with one attached hydrogen (secondary N) is 1. The van der Waals surface area contributed by atoms with Gasteiger partial charge in [-0.05, 0) is 37.7 Å². The molecule has 1 N–H and O–H groups in total. The second-order valence-electron chi connectivity index (χ2n) is 5.97. The molecule has 2 aromatic heterocycles. The fraction of sp³-hybridized carbons (Fsp3) is 0.368. The van der Waals surface area contributed by atoms with Crippen molar-refractivity contribution in [1.29, 1.82) is 0 Å². The van der Waals surface area contributed by atoms with Crippen LogP contribution in [0.2, 0.25) is 0 Å². The average Bonchev–Trinajstić information content (AvgIpc) is 2.96. The van der Waals surface area contributed by atoms with Gasteiger partial charge in [0.15, 0.2) is 5.16 Å². The summed E-state index contributed by atoms with van der Waals surface area (Å²) >= 11 is 3.08. The van der Waals surface area contributed by atoms with Gasteiger partial charge in [0.1, 0.15) is 10.6 Å². The lowest BCUT2D eigenvalue weighted by atomic mass is 10.0. The highest BCUT2D eigenvalue weighted by Gasteiger charge is 2.17. The number of H-pyrrole nitrogens is 1. The van der Waals surface area contributed by atoms with Gasteiger partial charge in [-0.25, -0.2) is 9.37 Å². The van der Waals surface area contributed by atoms with Crippen LogP contribution in [0.3, 0.4) is 0 Å². The van der Waals surface area contributed by atoms with Crippen LogP contribution >= 0.6 is 23.1 Å². The van der Waals surface area contributed by atoms with Gasteiger partial charge in [-0.1, -0.05) is 37.7 Å². The Kier molecular flexibility index (Phi) is 6.11. The number of hydrogen-bond donors (Lipinski definition) is 1. The summed E-state index contributed by atoms with van der Waals surface area (Å²) in [6, 6.07) is 6.24. The molecule has 0 amide bonds. The van der Waals surface area contributed by atoms with Crippen LogP contribution in [-0.2, 0) is 0 Å². The van der Waals surface area contributed by atoms with Gasteiger partial charge in [0.05, 0.1) is 5.39 Å². The molecule has 0 spiro atoms. The number of thiophene rings is 1. The third kappa shape index (κ3) is 4.00. The number of aryl methyl sites for hydroxylation is 1. The smallest absolute Gasteiger partial charge is 0.260 e. The van der Waals surface area contributed by atoms with Gasteiger partial charge in [-0.2, -0.15) is 0 Å². The van der Waals surface area contributed by atoms with E-state index in [1.165, 1.54) is 23.5 Å². The van der Waals surface area contributed by atoms with Crippen LogP contribution in [0, 0.1) is 12.7 Å². The van der Waals surface area contributed by atoms with Crippen molar-refractivity contribution in [3.63, 3.8) is 0 Å². The van der Waals surface area contributed by atoms with Gasteiger partial charge >= 0.3 is 0 Å². The van der Waals surface area contributed by atoms with E-state index < -0.39 is 0 Å². The summed E-state index contributed by atoms with van der Waals surface area (Å²) in [6.45, 7) is 9.26. The molecule has 138 valence electrons. The van der Waals surface area contributed by atoms with E-state index in [0.29, 0.717) is 10.5 Å². The second kappa shape index (κ2) is 8.33. The largest absolute Gasteiger partial charge is 0.303 e. The number of aromatic nitrogens is 2. The highest BCUT2D eigenvalue weighted by atomic mass is 32.2. The molecule has 0 bridgehead atoms. The molecule has 0 saturated carbocycles. The van der Waals surface area contributed by atoms with Gasteiger partial charge in [0, 0.05) is 22.7 Å². The Bertz CT molecular complexity index is 946. The Morgan fingerprint density at radius 3 is 2.58 bits per heavy atom. The van der Waals surface area contributed by atoms with Crippen molar-refractivity contribution >= 4 is 33.3 Å². The van der Waals surface area contributed by atoms with Gasteiger partial charge in [0.25, 0.3) is 5.56 Å². The minimum atomic E-state index is -0.287. The zero-order chi connectivity index (χ0) is 18.7. The lowest BCUT2D eigenvalue weighted by Crippen LogP contribution is -2.25. The summed E-state index contributed by atoms with van der Waals surface area (Å²) in [7, 11) is 0. The molecule has 0 aliphatic heterocycles. The Morgan fingerprint density at radius 2 is 1.92 bits per heavy atom. The van der Waals surface area contributed by atoms with Crippen molar-refractivity contribution in [2.75, 3.05) is 25.4 Å². The number of fused-ring (bicyclic) bond motifs is 1. The summed E-state index contributed by atoms with van der Waals surface area (Å²) in [4.78, 5) is 24.3. The molecule has 0 aliphatic carbocycles. The van der Waals surface area contributed by atoms with Gasteiger partial charge < -0.3 is 9.88 Å². The highest BCUT2D eigenvalue weighted by molar-refractivity contribution is 7.99. The average molecular weight is 392 g/mol. The molecule has 2 heterocycles. The van der Waals surface area contributed by atoms with Crippen LogP contribution < -0.4 is 5.56 Å². The van der Waals surface area contributed by atoms with Crippen molar-refractivity contribution in [2.45, 2.75) is 25.9 Å². The van der Waals surface area contributed by atoms with E-state index in [1.807, 2.05) is 6.92 Å².